The molecule has 0 spiro atoms. The summed E-state index contributed by atoms with van der Waals surface area (Å²) in [7, 11) is 3.79. The molecule has 0 unspecified atom stereocenters. The molecule has 4 nitrogen and oxygen atoms in total. The lowest BCUT2D eigenvalue weighted by atomic mass is 10.1. The van der Waals surface area contributed by atoms with Crippen molar-refractivity contribution in [1.29, 1.82) is 0 Å². The van der Waals surface area contributed by atoms with Crippen molar-refractivity contribution < 1.29 is 4.79 Å². The van der Waals surface area contributed by atoms with E-state index >= 15 is 0 Å². The van der Waals surface area contributed by atoms with Crippen molar-refractivity contribution in [3.8, 4) is 0 Å². The van der Waals surface area contributed by atoms with Crippen molar-refractivity contribution in [3.63, 3.8) is 0 Å². The standard InChI is InChI=1S/C17H21N3O/c1-11-5-6-12(2)16(7-11)20(4)17(21)15-8-14(15)13-9-18-19(3)10-13/h5-7,9-10,14-15H,8H2,1-4H3/t14-,15+/m0/s1. The minimum Gasteiger partial charge on any atom is -0.315 e. The Morgan fingerprint density at radius 1 is 1.38 bits per heavy atom. The van der Waals surface area contributed by atoms with Crippen molar-refractivity contribution in [2.24, 2.45) is 13.0 Å². The van der Waals surface area contributed by atoms with E-state index in [1.54, 1.807) is 4.68 Å². The molecule has 0 aliphatic heterocycles. The number of aryl methyl sites for hydroxylation is 3. The van der Waals surface area contributed by atoms with Crippen molar-refractivity contribution in [2.45, 2.75) is 26.2 Å². The maximum Gasteiger partial charge on any atom is 0.230 e. The molecule has 21 heavy (non-hydrogen) atoms. The number of hydrogen-bond acceptors (Lipinski definition) is 2. The topological polar surface area (TPSA) is 38.1 Å². The fraction of sp³-hybridized carbons (Fsp3) is 0.412. The molecule has 1 amide bonds. The van der Waals surface area contributed by atoms with E-state index in [9.17, 15) is 4.79 Å². The molecule has 2 aromatic rings. The van der Waals surface area contributed by atoms with Crippen molar-refractivity contribution in [2.75, 3.05) is 11.9 Å². The number of amides is 1. The van der Waals surface area contributed by atoms with Gasteiger partial charge >= 0.3 is 0 Å². The minimum absolute atomic E-state index is 0.0964. The first-order valence-electron chi connectivity index (χ1n) is 7.30. The molecule has 1 fully saturated rings. The van der Waals surface area contributed by atoms with E-state index in [2.05, 4.69) is 30.2 Å². The maximum atomic E-state index is 12.7. The fourth-order valence-electron chi connectivity index (χ4n) is 2.92. The molecule has 0 bridgehead atoms. The van der Waals surface area contributed by atoms with Gasteiger partial charge in [0.05, 0.1) is 6.20 Å². The van der Waals surface area contributed by atoms with Gasteiger partial charge in [-0.25, -0.2) is 0 Å². The summed E-state index contributed by atoms with van der Waals surface area (Å²) in [6.45, 7) is 4.10. The summed E-state index contributed by atoms with van der Waals surface area (Å²) in [5.74, 6) is 0.635. The third kappa shape index (κ3) is 2.58. The molecule has 0 radical (unpaired) electrons. The van der Waals surface area contributed by atoms with E-state index in [1.165, 1.54) is 11.1 Å². The average Bonchev–Trinajstić information content (AvgIpc) is 3.15. The summed E-state index contributed by atoms with van der Waals surface area (Å²) in [6.07, 6.45) is 4.81. The van der Waals surface area contributed by atoms with Gasteiger partial charge in [-0.3, -0.25) is 9.48 Å². The quantitative estimate of drug-likeness (QED) is 0.868. The third-order valence-corrected chi connectivity index (χ3v) is 4.32. The first kappa shape index (κ1) is 13.9. The Labute approximate surface area is 125 Å². The maximum absolute atomic E-state index is 12.7. The van der Waals surface area contributed by atoms with Crippen LogP contribution in [0, 0.1) is 19.8 Å². The van der Waals surface area contributed by atoms with Crippen LogP contribution >= 0.6 is 0 Å². The van der Waals surface area contributed by atoms with E-state index in [1.807, 2.05) is 38.3 Å². The summed E-state index contributed by atoms with van der Waals surface area (Å²) >= 11 is 0. The number of nitrogens with zero attached hydrogens (tertiary/aromatic N) is 3. The Balaban J connectivity index is 1.76. The summed E-state index contributed by atoms with van der Waals surface area (Å²) in [6, 6.07) is 6.22. The third-order valence-electron chi connectivity index (χ3n) is 4.32. The van der Waals surface area contributed by atoms with E-state index in [0.29, 0.717) is 5.92 Å². The number of anilines is 1. The van der Waals surface area contributed by atoms with Crippen molar-refractivity contribution >= 4 is 11.6 Å². The predicted octanol–water partition coefficient (Wildman–Crippen LogP) is 2.80. The number of hydrogen-bond donors (Lipinski definition) is 0. The van der Waals surface area contributed by atoms with Gasteiger partial charge in [0.25, 0.3) is 0 Å². The van der Waals surface area contributed by atoms with Crippen LogP contribution in [0.3, 0.4) is 0 Å². The molecular formula is C17H21N3O. The Kier molecular flexibility index (Phi) is 3.32. The number of carbonyl (C=O) groups is 1. The Bertz CT molecular complexity index is 689. The number of rotatable bonds is 3. The molecule has 1 saturated carbocycles. The van der Waals surface area contributed by atoms with Gasteiger partial charge in [-0.05, 0) is 48.9 Å². The average molecular weight is 283 g/mol. The van der Waals surface area contributed by atoms with E-state index in [-0.39, 0.29) is 11.8 Å². The molecule has 1 aliphatic carbocycles. The Hall–Kier alpha value is -2.10. The predicted molar refractivity (Wildman–Crippen MR) is 83.4 cm³/mol. The minimum atomic E-state index is 0.0964. The van der Waals surface area contributed by atoms with E-state index in [4.69, 9.17) is 0 Å². The molecule has 2 atom stereocenters. The zero-order valence-corrected chi connectivity index (χ0v) is 13.0. The van der Waals surface area contributed by atoms with Crippen LogP contribution in [0.15, 0.2) is 30.6 Å². The molecule has 1 aromatic heterocycles. The largest absolute Gasteiger partial charge is 0.315 e. The van der Waals surface area contributed by atoms with Crippen LogP contribution in [0.4, 0.5) is 5.69 Å². The van der Waals surface area contributed by atoms with Crippen molar-refractivity contribution in [1.82, 2.24) is 9.78 Å². The molecule has 4 heteroatoms. The molecule has 1 heterocycles. The highest BCUT2D eigenvalue weighted by Crippen LogP contribution is 2.48. The van der Waals surface area contributed by atoms with Gasteiger partial charge in [-0.2, -0.15) is 5.10 Å². The SMILES string of the molecule is Cc1ccc(C)c(N(C)C(=O)[C@@H]2C[C@H]2c2cnn(C)c2)c1. The highest BCUT2D eigenvalue weighted by molar-refractivity contribution is 5.97. The summed E-state index contributed by atoms with van der Waals surface area (Å²) in [5, 5.41) is 4.19. The van der Waals surface area contributed by atoms with Crippen LogP contribution in [0.2, 0.25) is 0 Å². The van der Waals surface area contributed by atoms with Gasteiger partial charge in [-0.1, -0.05) is 12.1 Å². The van der Waals surface area contributed by atoms with Gasteiger partial charge in [-0.15, -0.1) is 0 Å². The number of benzene rings is 1. The highest BCUT2D eigenvalue weighted by atomic mass is 16.2. The highest BCUT2D eigenvalue weighted by Gasteiger charge is 2.46. The zero-order valence-electron chi connectivity index (χ0n) is 13.0. The van der Waals surface area contributed by atoms with Crippen molar-refractivity contribution in [3.05, 3.63) is 47.3 Å². The Morgan fingerprint density at radius 2 is 2.14 bits per heavy atom. The van der Waals surface area contributed by atoms with Gasteiger partial charge in [0.1, 0.15) is 0 Å². The Morgan fingerprint density at radius 3 is 2.81 bits per heavy atom. The zero-order chi connectivity index (χ0) is 15.1. The summed E-state index contributed by atoms with van der Waals surface area (Å²) in [4.78, 5) is 14.5. The number of aromatic nitrogens is 2. The molecule has 3 rings (SSSR count). The second-order valence-electron chi connectivity index (χ2n) is 6.08. The lowest BCUT2D eigenvalue weighted by Crippen LogP contribution is -2.28. The normalized spacial score (nSPS) is 20.4. The van der Waals surface area contributed by atoms with Crippen LogP contribution in [-0.4, -0.2) is 22.7 Å². The molecule has 0 N–H and O–H groups in total. The van der Waals surface area contributed by atoms with Gasteiger partial charge in [0.2, 0.25) is 5.91 Å². The van der Waals surface area contributed by atoms with Crippen LogP contribution in [-0.2, 0) is 11.8 Å². The molecular weight excluding hydrogens is 262 g/mol. The van der Waals surface area contributed by atoms with E-state index < -0.39 is 0 Å². The summed E-state index contributed by atoms with van der Waals surface area (Å²) < 4.78 is 1.80. The van der Waals surface area contributed by atoms with Gasteiger partial charge in [0.15, 0.2) is 0 Å². The van der Waals surface area contributed by atoms with Crippen LogP contribution in [0.25, 0.3) is 0 Å². The van der Waals surface area contributed by atoms with Crippen LogP contribution in [0.5, 0.6) is 0 Å². The lowest BCUT2D eigenvalue weighted by Gasteiger charge is -2.20. The first-order valence-corrected chi connectivity index (χ1v) is 7.30. The first-order chi connectivity index (χ1) is 9.97. The molecule has 110 valence electrons. The fourth-order valence-corrected chi connectivity index (χ4v) is 2.92. The van der Waals surface area contributed by atoms with E-state index in [0.717, 1.165) is 17.7 Å². The molecule has 1 aromatic carbocycles. The van der Waals surface area contributed by atoms with Crippen LogP contribution < -0.4 is 4.90 Å². The second kappa shape index (κ2) is 5.02. The molecule has 1 aliphatic rings. The lowest BCUT2D eigenvalue weighted by molar-refractivity contribution is -0.119. The molecule has 0 saturated heterocycles. The monoisotopic (exact) mass is 283 g/mol. The smallest absolute Gasteiger partial charge is 0.230 e. The van der Waals surface area contributed by atoms with Gasteiger partial charge in [0, 0.05) is 31.9 Å². The van der Waals surface area contributed by atoms with Crippen LogP contribution in [0.1, 0.15) is 29.0 Å². The van der Waals surface area contributed by atoms with Gasteiger partial charge < -0.3 is 4.90 Å². The number of carbonyl (C=O) groups excluding carboxylic acids is 1. The second-order valence-corrected chi connectivity index (χ2v) is 6.08. The summed E-state index contributed by atoms with van der Waals surface area (Å²) in [5.41, 5.74) is 4.49.